The van der Waals surface area contributed by atoms with Crippen LogP contribution >= 0.6 is 11.6 Å². The van der Waals surface area contributed by atoms with Gasteiger partial charge in [0.25, 0.3) is 5.91 Å². The van der Waals surface area contributed by atoms with Crippen LogP contribution in [0, 0.1) is 0 Å². The largest absolute Gasteiger partial charge is 0.497 e. The van der Waals surface area contributed by atoms with E-state index in [1.165, 1.54) is 0 Å². The van der Waals surface area contributed by atoms with Crippen LogP contribution < -0.4 is 10.5 Å². The monoisotopic (exact) mass is 304 g/mol. The summed E-state index contributed by atoms with van der Waals surface area (Å²) in [5, 5.41) is 0.363. The number of amides is 1. The third-order valence-electron chi connectivity index (χ3n) is 3.15. The number of nitrogens with zero attached hydrogens (tertiary/aromatic N) is 1. The number of hydrogen-bond acceptors (Lipinski definition) is 3. The van der Waals surface area contributed by atoms with E-state index < -0.39 is 0 Å². The minimum atomic E-state index is -0.143. The maximum absolute atomic E-state index is 12.4. The molecule has 21 heavy (non-hydrogen) atoms. The Kier molecular flexibility index (Phi) is 4.70. The summed E-state index contributed by atoms with van der Waals surface area (Å²) in [6.45, 7) is 0.490. The van der Waals surface area contributed by atoms with Gasteiger partial charge in [-0.05, 0) is 35.9 Å². The summed E-state index contributed by atoms with van der Waals surface area (Å²) in [5.74, 6) is 0.644. The molecule has 0 heterocycles. The maximum Gasteiger partial charge on any atom is 0.255 e. The predicted molar refractivity (Wildman–Crippen MR) is 84.7 cm³/mol. The first-order valence-corrected chi connectivity index (χ1v) is 6.82. The number of nitrogens with two attached hydrogens (primary N) is 1. The highest BCUT2D eigenvalue weighted by atomic mass is 35.5. The standard InChI is InChI=1S/C16H17ClN2O2/c1-19(10-11-3-6-13(21-2)7-4-11)16(20)14-8-5-12(18)9-15(14)17/h3-9H,10,18H2,1-2H3. The Morgan fingerprint density at radius 1 is 1.24 bits per heavy atom. The van der Waals surface area contributed by atoms with Crippen LogP contribution in [0.2, 0.25) is 5.02 Å². The van der Waals surface area contributed by atoms with Gasteiger partial charge in [0.1, 0.15) is 5.75 Å². The van der Waals surface area contributed by atoms with E-state index in [-0.39, 0.29) is 5.91 Å². The highest BCUT2D eigenvalue weighted by Gasteiger charge is 2.15. The summed E-state index contributed by atoms with van der Waals surface area (Å²) in [6, 6.07) is 12.5. The number of carbonyl (C=O) groups excluding carboxylic acids is 1. The van der Waals surface area contributed by atoms with Crippen LogP contribution in [-0.2, 0) is 6.54 Å². The molecule has 5 heteroatoms. The van der Waals surface area contributed by atoms with Crippen molar-refractivity contribution in [3.8, 4) is 5.75 Å². The molecule has 0 radical (unpaired) electrons. The number of rotatable bonds is 4. The zero-order valence-electron chi connectivity index (χ0n) is 12.0. The topological polar surface area (TPSA) is 55.6 Å². The van der Waals surface area contributed by atoms with Crippen molar-refractivity contribution in [3.05, 3.63) is 58.6 Å². The first-order valence-electron chi connectivity index (χ1n) is 6.44. The second-order valence-electron chi connectivity index (χ2n) is 4.75. The van der Waals surface area contributed by atoms with Gasteiger partial charge in [0.2, 0.25) is 0 Å². The van der Waals surface area contributed by atoms with Gasteiger partial charge < -0.3 is 15.4 Å². The zero-order valence-corrected chi connectivity index (χ0v) is 12.7. The average molecular weight is 305 g/mol. The van der Waals surface area contributed by atoms with Gasteiger partial charge in [0.05, 0.1) is 17.7 Å². The van der Waals surface area contributed by atoms with Gasteiger partial charge >= 0.3 is 0 Å². The molecule has 2 rings (SSSR count). The Morgan fingerprint density at radius 2 is 1.90 bits per heavy atom. The number of benzene rings is 2. The van der Waals surface area contributed by atoms with Crippen molar-refractivity contribution < 1.29 is 9.53 Å². The van der Waals surface area contributed by atoms with Crippen LogP contribution in [0.3, 0.4) is 0 Å². The molecule has 2 N–H and O–H groups in total. The van der Waals surface area contributed by atoms with Crippen LogP contribution in [0.4, 0.5) is 5.69 Å². The second-order valence-corrected chi connectivity index (χ2v) is 5.16. The summed E-state index contributed by atoms with van der Waals surface area (Å²) in [4.78, 5) is 14.0. The maximum atomic E-state index is 12.4. The molecule has 110 valence electrons. The predicted octanol–water partition coefficient (Wildman–Crippen LogP) is 3.20. The number of anilines is 1. The first kappa shape index (κ1) is 15.2. The SMILES string of the molecule is COc1ccc(CN(C)C(=O)c2ccc(N)cc2Cl)cc1. The molecule has 0 aliphatic heterocycles. The van der Waals surface area contributed by atoms with Gasteiger partial charge in [-0.2, -0.15) is 0 Å². The molecule has 0 saturated carbocycles. The third kappa shape index (κ3) is 3.67. The van der Waals surface area contributed by atoms with E-state index in [2.05, 4.69) is 0 Å². The average Bonchev–Trinajstić information content (AvgIpc) is 2.47. The van der Waals surface area contributed by atoms with Crippen LogP contribution in [0.1, 0.15) is 15.9 Å². The van der Waals surface area contributed by atoms with Crippen LogP contribution in [-0.4, -0.2) is 25.0 Å². The molecule has 0 aliphatic rings. The van der Waals surface area contributed by atoms with Gasteiger partial charge in [-0.25, -0.2) is 0 Å². The van der Waals surface area contributed by atoms with Crippen molar-refractivity contribution in [1.29, 1.82) is 0 Å². The molecular formula is C16H17ClN2O2. The van der Waals surface area contributed by atoms with Crippen LogP contribution in [0.5, 0.6) is 5.75 Å². The van der Waals surface area contributed by atoms with Crippen molar-refractivity contribution in [2.45, 2.75) is 6.54 Å². The van der Waals surface area contributed by atoms with E-state index in [4.69, 9.17) is 22.1 Å². The molecule has 4 nitrogen and oxygen atoms in total. The van der Waals surface area contributed by atoms with Gasteiger partial charge in [0, 0.05) is 19.3 Å². The van der Waals surface area contributed by atoms with E-state index in [1.807, 2.05) is 24.3 Å². The van der Waals surface area contributed by atoms with Crippen LogP contribution in [0.25, 0.3) is 0 Å². The van der Waals surface area contributed by atoms with E-state index in [9.17, 15) is 4.79 Å². The lowest BCUT2D eigenvalue weighted by Gasteiger charge is -2.18. The fourth-order valence-electron chi connectivity index (χ4n) is 1.99. The minimum absolute atomic E-state index is 0.143. The Labute approximate surface area is 129 Å². The fourth-order valence-corrected chi connectivity index (χ4v) is 2.26. The van der Waals surface area contributed by atoms with E-state index in [1.54, 1.807) is 37.3 Å². The number of ether oxygens (including phenoxy) is 1. The number of hydrogen-bond donors (Lipinski definition) is 1. The molecule has 1 amide bonds. The van der Waals surface area contributed by atoms with Gasteiger partial charge in [0.15, 0.2) is 0 Å². The van der Waals surface area contributed by atoms with Gasteiger partial charge in [-0.15, -0.1) is 0 Å². The van der Waals surface area contributed by atoms with Crippen molar-refractivity contribution in [1.82, 2.24) is 4.90 Å². The van der Waals surface area contributed by atoms with Crippen molar-refractivity contribution in [2.75, 3.05) is 19.9 Å². The van der Waals surface area contributed by atoms with Crippen molar-refractivity contribution >= 4 is 23.2 Å². The number of nitrogen functional groups attached to an aromatic ring is 1. The molecule has 0 aliphatic carbocycles. The zero-order chi connectivity index (χ0) is 15.4. The van der Waals surface area contributed by atoms with Crippen LogP contribution in [0.15, 0.2) is 42.5 Å². The molecule has 0 unspecified atom stereocenters. The van der Waals surface area contributed by atoms with Crippen molar-refractivity contribution in [3.63, 3.8) is 0 Å². The summed E-state index contributed by atoms with van der Waals surface area (Å²) < 4.78 is 5.11. The summed E-state index contributed by atoms with van der Waals surface area (Å²) in [7, 11) is 3.35. The molecule has 2 aromatic carbocycles. The minimum Gasteiger partial charge on any atom is -0.497 e. The lowest BCUT2D eigenvalue weighted by molar-refractivity contribution is 0.0785. The Hall–Kier alpha value is -2.20. The second kappa shape index (κ2) is 6.50. The molecule has 0 bridgehead atoms. The molecule has 0 atom stereocenters. The smallest absolute Gasteiger partial charge is 0.255 e. The lowest BCUT2D eigenvalue weighted by atomic mass is 10.1. The van der Waals surface area contributed by atoms with E-state index in [0.29, 0.717) is 22.8 Å². The van der Waals surface area contributed by atoms with Crippen molar-refractivity contribution in [2.24, 2.45) is 0 Å². The summed E-state index contributed by atoms with van der Waals surface area (Å²) in [5.41, 5.74) is 7.63. The molecular weight excluding hydrogens is 288 g/mol. The fraction of sp³-hybridized carbons (Fsp3) is 0.188. The quantitative estimate of drug-likeness (QED) is 0.883. The Morgan fingerprint density at radius 3 is 2.48 bits per heavy atom. The summed E-state index contributed by atoms with van der Waals surface area (Å²) >= 11 is 6.07. The highest BCUT2D eigenvalue weighted by molar-refractivity contribution is 6.34. The van der Waals surface area contributed by atoms with Gasteiger partial charge in [-0.3, -0.25) is 4.79 Å². The Bertz CT molecular complexity index is 641. The summed E-state index contributed by atoms with van der Waals surface area (Å²) in [6.07, 6.45) is 0. The normalized spacial score (nSPS) is 10.2. The number of carbonyl (C=O) groups is 1. The van der Waals surface area contributed by atoms with Gasteiger partial charge in [-0.1, -0.05) is 23.7 Å². The molecule has 2 aromatic rings. The molecule has 0 spiro atoms. The number of methoxy groups -OCH3 is 1. The molecule has 0 fully saturated rings. The molecule has 0 saturated heterocycles. The lowest BCUT2D eigenvalue weighted by Crippen LogP contribution is -2.26. The number of halogens is 1. The highest BCUT2D eigenvalue weighted by Crippen LogP contribution is 2.21. The molecule has 0 aromatic heterocycles. The third-order valence-corrected chi connectivity index (χ3v) is 3.46. The van der Waals surface area contributed by atoms with E-state index >= 15 is 0 Å². The first-order chi connectivity index (χ1) is 10.0. The Balaban J connectivity index is 2.11. The van der Waals surface area contributed by atoms with E-state index in [0.717, 1.165) is 11.3 Å².